The van der Waals surface area contributed by atoms with Gasteiger partial charge < -0.3 is 9.64 Å². The highest BCUT2D eigenvalue weighted by molar-refractivity contribution is 5.75. The average molecular weight is 261 g/mol. The van der Waals surface area contributed by atoms with E-state index in [2.05, 4.69) is 11.8 Å². The van der Waals surface area contributed by atoms with Gasteiger partial charge in [-0.15, -0.1) is 0 Å². The van der Waals surface area contributed by atoms with Crippen molar-refractivity contribution < 1.29 is 9.53 Å². The minimum absolute atomic E-state index is 0.669. The molecule has 1 heterocycles. The van der Waals surface area contributed by atoms with Gasteiger partial charge in [0.05, 0.1) is 6.61 Å². The van der Waals surface area contributed by atoms with Gasteiger partial charge in [-0.1, -0.05) is 18.6 Å². The molecule has 2 rings (SSSR count). The molecule has 1 aromatic carbocycles. The van der Waals surface area contributed by atoms with Crippen molar-refractivity contribution in [1.29, 1.82) is 0 Å². The van der Waals surface area contributed by atoms with E-state index in [1.807, 2.05) is 12.1 Å². The van der Waals surface area contributed by atoms with E-state index >= 15 is 0 Å². The van der Waals surface area contributed by atoms with E-state index in [4.69, 9.17) is 4.74 Å². The Bertz CT molecular complexity index is 405. The van der Waals surface area contributed by atoms with Crippen LogP contribution in [0.25, 0.3) is 0 Å². The second kappa shape index (κ2) is 7.29. The summed E-state index contributed by atoms with van der Waals surface area (Å²) in [6, 6.07) is 8.04. The molecule has 3 nitrogen and oxygen atoms in total. The normalized spacial score (nSPS) is 20.2. The van der Waals surface area contributed by atoms with Gasteiger partial charge in [-0.25, -0.2) is 0 Å². The van der Waals surface area contributed by atoms with Gasteiger partial charge in [-0.3, -0.25) is 4.79 Å². The summed E-state index contributed by atoms with van der Waals surface area (Å²) in [7, 11) is 0. The molecule has 1 unspecified atom stereocenters. The fraction of sp³-hybridized carbons (Fsp3) is 0.562. The molecule has 1 aliphatic rings. The maximum atomic E-state index is 10.7. The zero-order valence-corrected chi connectivity index (χ0v) is 11.7. The first-order valence-corrected chi connectivity index (χ1v) is 7.21. The lowest BCUT2D eigenvalue weighted by molar-refractivity contribution is 0.112. The molecule has 0 aromatic heterocycles. The monoisotopic (exact) mass is 261 g/mol. The zero-order chi connectivity index (χ0) is 13.5. The molecule has 0 N–H and O–H groups in total. The molecule has 0 bridgehead atoms. The number of ether oxygens (including phenoxy) is 1. The SMILES string of the molecule is CC1CCCCN1CCCOc1cccc(C=O)c1. The standard InChI is InChI=1S/C16H23NO2/c1-14-6-2-3-9-17(14)10-5-11-19-16-8-4-7-15(12-16)13-18/h4,7-8,12-14H,2-3,5-6,9-11H2,1H3. The zero-order valence-electron chi connectivity index (χ0n) is 11.7. The van der Waals surface area contributed by atoms with Crippen LogP contribution in [0, 0.1) is 0 Å². The summed E-state index contributed by atoms with van der Waals surface area (Å²) in [6.45, 7) is 5.36. The fourth-order valence-electron chi connectivity index (χ4n) is 2.63. The van der Waals surface area contributed by atoms with Crippen LogP contribution in [0.1, 0.15) is 43.0 Å². The molecule has 0 amide bonds. The highest BCUT2D eigenvalue weighted by Crippen LogP contribution is 2.17. The van der Waals surface area contributed by atoms with Crippen molar-refractivity contribution in [3.8, 4) is 5.75 Å². The van der Waals surface area contributed by atoms with Gasteiger partial charge in [-0.05, 0) is 44.9 Å². The fourth-order valence-corrected chi connectivity index (χ4v) is 2.63. The summed E-state index contributed by atoms with van der Waals surface area (Å²) < 4.78 is 5.69. The number of piperidine rings is 1. The Hall–Kier alpha value is -1.35. The molecule has 19 heavy (non-hydrogen) atoms. The number of aldehydes is 1. The van der Waals surface area contributed by atoms with Gasteiger partial charge in [0, 0.05) is 18.2 Å². The van der Waals surface area contributed by atoms with Crippen molar-refractivity contribution >= 4 is 6.29 Å². The Kier molecular flexibility index (Phi) is 5.40. The molecule has 1 aromatic rings. The molecule has 0 aliphatic carbocycles. The van der Waals surface area contributed by atoms with E-state index in [0.29, 0.717) is 18.2 Å². The lowest BCUT2D eigenvalue weighted by Crippen LogP contribution is -2.38. The van der Waals surface area contributed by atoms with Crippen molar-refractivity contribution in [2.24, 2.45) is 0 Å². The summed E-state index contributed by atoms with van der Waals surface area (Å²) in [4.78, 5) is 13.2. The molecule has 3 heteroatoms. The lowest BCUT2D eigenvalue weighted by Gasteiger charge is -2.33. The van der Waals surface area contributed by atoms with Gasteiger partial charge in [0.1, 0.15) is 12.0 Å². The van der Waals surface area contributed by atoms with Crippen LogP contribution in [0.15, 0.2) is 24.3 Å². The van der Waals surface area contributed by atoms with Gasteiger partial charge >= 0.3 is 0 Å². The van der Waals surface area contributed by atoms with Crippen molar-refractivity contribution in [2.75, 3.05) is 19.7 Å². The Morgan fingerprint density at radius 1 is 1.42 bits per heavy atom. The van der Waals surface area contributed by atoms with Crippen LogP contribution in [0.2, 0.25) is 0 Å². The van der Waals surface area contributed by atoms with Crippen molar-refractivity contribution in [3.05, 3.63) is 29.8 Å². The van der Waals surface area contributed by atoms with E-state index in [1.54, 1.807) is 12.1 Å². The summed E-state index contributed by atoms with van der Waals surface area (Å²) in [5.74, 6) is 0.788. The Morgan fingerprint density at radius 2 is 2.32 bits per heavy atom. The third-order valence-electron chi connectivity index (χ3n) is 3.79. The van der Waals surface area contributed by atoms with Gasteiger partial charge in [0.15, 0.2) is 0 Å². The van der Waals surface area contributed by atoms with Crippen LogP contribution in [0.5, 0.6) is 5.75 Å². The number of rotatable bonds is 6. The largest absolute Gasteiger partial charge is 0.494 e. The molecule has 104 valence electrons. The van der Waals surface area contributed by atoms with E-state index in [9.17, 15) is 4.79 Å². The maximum absolute atomic E-state index is 10.7. The Labute approximate surface area is 115 Å². The molecule has 0 spiro atoms. The van der Waals surface area contributed by atoms with Gasteiger partial charge in [-0.2, -0.15) is 0 Å². The lowest BCUT2D eigenvalue weighted by atomic mass is 10.0. The van der Waals surface area contributed by atoms with E-state index < -0.39 is 0 Å². The number of hydrogen-bond acceptors (Lipinski definition) is 3. The van der Waals surface area contributed by atoms with Crippen molar-refractivity contribution in [1.82, 2.24) is 4.90 Å². The smallest absolute Gasteiger partial charge is 0.150 e. The molecule has 1 saturated heterocycles. The van der Waals surface area contributed by atoms with Crippen molar-refractivity contribution in [2.45, 2.75) is 38.6 Å². The predicted molar refractivity (Wildman–Crippen MR) is 76.8 cm³/mol. The van der Waals surface area contributed by atoms with Crippen molar-refractivity contribution in [3.63, 3.8) is 0 Å². The third-order valence-corrected chi connectivity index (χ3v) is 3.79. The number of nitrogens with zero attached hydrogens (tertiary/aromatic N) is 1. The van der Waals surface area contributed by atoms with E-state index in [-0.39, 0.29) is 0 Å². The Morgan fingerprint density at radius 3 is 3.11 bits per heavy atom. The highest BCUT2D eigenvalue weighted by Gasteiger charge is 2.17. The number of carbonyl (C=O) groups excluding carboxylic acids is 1. The number of hydrogen-bond donors (Lipinski definition) is 0. The van der Waals surface area contributed by atoms with Crippen LogP contribution in [-0.4, -0.2) is 36.9 Å². The van der Waals surface area contributed by atoms with E-state index in [0.717, 1.165) is 25.0 Å². The predicted octanol–water partition coefficient (Wildman–Crippen LogP) is 3.14. The van der Waals surface area contributed by atoms with Gasteiger partial charge in [0.2, 0.25) is 0 Å². The first-order valence-electron chi connectivity index (χ1n) is 7.21. The highest BCUT2D eigenvalue weighted by atomic mass is 16.5. The van der Waals surface area contributed by atoms with Crippen LogP contribution in [-0.2, 0) is 0 Å². The number of likely N-dealkylation sites (tertiary alicyclic amines) is 1. The molecule has 1 fully saturated rings. The molecular formula is C16H23NO2. The molecule has 1 aliphatic heterocycles. The third kappa shape index (κ3) is 4.35. The second-order valence-corrected chi connectivity index (χ2v) is 5.27. The van der Waals surface area contributed by atoms with Crippen LogP contribution in [0.4, 0.5) is 0 Å². The van der Waals surface area contributed by atoms with Gasteiger partial charge in [0.25, 0.3) is 0 Å². The molecule has 0 saturated carbocycles. The summed E-state index contributed by atoms with van der Waals surface area (Å²) >= 11 is 0. The van der Waals surface area contributed by atoms with Crippen LogP contribution in [0.3, 0.4) is 0 Å². The molecular weight excluding hydrogens is 238 g/mol. The van der Waals surface area contributed by atoms with Crippen LogP contribution >= 0.6 is 0 Å². The topological polar surface area (TPSA) is 29.5 Å². The average Bonchev–Trinajstić information content (AvgIpc) is 2.45. The summed E-state index contributed by atoms with van der Waals surface area (Å²) in [5.41, 5.74) is 0.669. The Balaban J connectivity index is 1.69. The van der Waals surface area contributed by atoms with Crippen LogP contribution < -0.4 is 4.74 Å². The number of carbonyl (C=O) groups is 1. The van der Waals surface area contributed by atoms with E-state index in [1.165, 1.54) is 25.8 Å². The molecule has 1 atom stereocenters. The summed E-state index contributed by atoms with van der Waals surface area (Å²) in [6.07, 6.45) is 5.90. The second-order valence-electron chi connectivity index (χ2n) is 5.27. The number of benzene rings is 1. The minimum Gasteiger partial charge on any atom is -0.494 e. The minimum atomic E-state index is 0.669. The first-order chi connectivity index (χ1) is 9.29. The maximum Gasteiger partial charge on any atom is 0.150 e. The summed E-state index contributed by atoms with van der Waals surface area (Å²) in [5, 5.41) is 0. The molecule has 0 radical (unpaired) electrons. The quantitative estimate of drug-likeness (QED) is 0.582. The first kappa shape index (κ1) is 14.1.